The van der Waals surface area contributed by atoms with Crippen LogP contribution in [0.4, 0.5) is 5.69 Å². The van der Waals surface area contributed by atoms with Crippen molar-refractivity contribution in [3.05, 3.63) is 59.2 Å². The highest BCUT2D eigenvalue weighted by Gasteiger charge is 2.38. The molecule has 0 aliphatic carbocycles. The lowest BCUT2D eigenvalue weighted by molar-refractivity contribution is -0.0584. The van der Waals surface area contributed by atoms with Crippen LogP contribution in [0.1, 0.15) is 31.1 Å². The van der Waals surface area contributed by atoms with Gasteiger partial charge in [0.1, 0.15) is 12.4 Å². The van der Waals surface area contributed by atoms with Crippen LogP contribution in [0.15, 0.2) is 42.5 Å². The maximum absolute atomic E-state index is 12.4. The molecule has 7 heteroatoms. The summed E-state index contributed by atoms with van der Waals surface area (Å²) >= 11 is 0. The fraction of sp³-hybridized carbons (Fsp3) is 0.167. The fourth-order valence-electron chi connectivity index (χ4n) is 2.86. The van der Waals surface area contributed by atoms with Gasteiger partial charge >= 0.3 is 5.97 Å². The zero-order chi connectivity index (χ0) is 17.6. The number of rotatable bonds is 2. The van der Waals surface area contributed by atoms with E-state index in [-0.39, 0.29) is 16.7 Å². The molecule has 2 aliphatic heterocycles. The van der Waals surface area contributed by atoms with Crippen LogP contribution in [0.2, 0.25) is 0 Å². The van der Waals surface area contributed by atoms with E-state index in [2.05, 4.69) is 0 Å². The summed E-state index contributed by atoms with van der Waals surface area (Å²) in [4.78, 5) is 43.9. The van der Waals surface area contributed by atoms with Gasteiger partial charge in [0, 0.05) is 7.05 Å². The molecule has 2 aromatic carbocycles. The Balaban J connectivity index is 1.58. The topological polar surface area (TPSA) is 76.2 Å². The second-order valence-corrected chi connectivity index (χ2v) is 5.78. The van der Waals surface area contributed by atoms with Crippen LogP contribution in [-0.4, -0.2) is 43.0 Å². The van der Waals surface area contributed by atoms with Crippen molar-refractivity contribution in [3.8, 4) is 5.75 Å². The lowest BCUT2D eigenvalue weighted by Crippen LogP contribution is -2.33. The van der Waals surface area contributed by atoms with Crippen molar-refractivity contribution >= 4 is 23.5 Å². The molecule has 0 bridgehead atoms. The Labute approximate surface area is 143 Å². The van der Waals surface area contributed by atoms with Gasteiger partial charge in [-0.25, -0.2) is 4.79 Å². The molecule has 0 aromatic heterocycles. The third-order valence-electron chi connectivity index (χ3n) is 4.22. The summed E-state index contributed by atoms with van der Waals surface area (Å²) in [6, 6.07) is 11.2. The van der Waals surface area contributed by atoms with Crippen molar-refractivity contribution in [3.63, 3.8) is 0 Å². The number of benzene rings is 2. The second-order valence-electron chi connectivity index (χ2n) is 5.78. The highest BCUT2D eigenvalue weighted by molar-refractivity contribution is 6.21. The maximum Gasteiger partial charge on any atom is 0.364 e. The second kappa shape index (κ2) is 5.62. The number of imide groups is 1. The van der Waals surface area contributed by atoms with Crippen LogP contribution < -0.4 is 9.64 Å². The standard InChI is InChI=1S/C18H14N2O5/c1-19-8-9-24-15-7-6-11(10-14(15)19)18(23)25-20-16(21)12-4-2-3-5-13(12)17(20)22/h2-7,10H,8-9H2,1H3. The first kappa shape index (κ1) is 15.2. The van der Waals surface area contributed by atoms with Crippen LogP contribution in [0, 0.1) is 0 Å². The molecule has 2 heterocycles. The molecule has 0 atom stereocenters. The molecule has 4 rings (SSSR count). The summed E-state index contributed by atoms with van der Waals surface area (Å²) in [5, 5.41) is 0.507. The molecule has 0 N–H and O–H groups in total. The summed E-state index contributed by atoms with van der Waals surface area (Å²) < 4.78 is 5.53. The van der Waals surface area contributed by atoms with E-state index >= 15 is 0 Å². The molecule has 126 valence electrons. The smallest absolute Gasteiger partial charge is 0.364 e. The van der Waals surface area contributed by atoms with Gasteiger partial charge in [-0.3, -0.25) is 9.59 Å². The average Bonchev–Trinajstić information content (AvgIpc) is 2.87. The first-order chi connectivity index (χ1) is 12.1. The molecular weight excluding hydrogens is 324 g/mol. The van der Waals surface area contributed by atoms with Crippen LogP contribution in [0.3, 0.4) is 0 Å². The van der Waals surface area contributed by atoms with Crippen LogP contribution in [0.5, 0.6) is 5.75 Å². The normalized spacial score (nSPS) is 15.6. The van der Waals surface area contributed by atoms with Crippen LogP contribution >= 0.6 is 0 Å². The van der Waals surface area contributed by atoms with Crippen molar-refractivity contribution in [2.75, 3.05) is 25.1 Å². The summed E-state index contributed by atoms with van der Waals surface area (Å²) in [5.74, 6) is -1.40. The van der Waals surface area contributed by atoms with Crippen LogP contribution in [0.25, 0.3) is 0 Å². The van der Waals surface area contributed by atoms with E-state index in [0.717, 1.165) is 5.69 Å². The van der Waals surface area contributed by atoms with Gasteiger partial charge in [-0.1, -0.05) is 17.2 Å². The molecule has 2 aliphatic rings. The van der Waals surface area contributed by atoms with Gasteiger partial charge in [-0.15, -0.1) is 0 Å². The Morgan fingerprint density at radius 1 is 1.08 bits per heavy atom. The first-order valence-electron chi connectivity index (χ1n) is 7.74. The largest absolute Gasteiger partial charge is 0.490 e. The molecule has 0 fully saturated rings. The lowest BCUT2D eigenvalue weighted by Gasteiger charge is -2.27. The van der Waals surface area contributed by atoms with Crippen LogP contribution in [-0.2, 0) is 4.84 Å². The van der Waals surface area contributed by atoms with Gasteiger partial charge in [-0.2, -0.15) is 0 Å². The zero-order valence-corrected chi connectivity index (χ0v) is 13.4. The molecule has 25 heavy (non-hydrogen) atoms. The highest BCUT2D eigenvalue weighted by Crippen LogP contribution is 2.32. The predicted molar refractivity (Wildman–Crippen MR) is 87.6 cm³/mol. The van der Waals surface area contributed by atoms with E-state index in [1.54, 1.807) is 30.3 Å². The Hall–Kier alpha value is -3.35. The van der Waals surface area contributed by atoms with E-state index in [9.17, 15) is 14.4 Å². The maximum atomic E-state index is 12.4. The van der Waals surface area contributed by atoms with Crippen molar-refractivity contribution < 1.29 is 24.0 Å². The number of fused-ring (bicyclic) bond motifs is 2. The Morgan fingerprint density at radius 2 is 1.76 bits per heavy atom. The van der Waals surface area contributed by atoms with Crippen molar-refractivity contribution in [2.24, 2.45) is 0 Å². The number of anilines is 1. The van der Waals surface area contributed by atoms with Gasteiger partial charge in [0.25, 0.3) is 11.8 Å². The third-order valence-corrected chi connectivity index (χ3v) is 4.22. The van der Waals surface area contributed by atoms with Gasteiger partial charge in [0.15, 0.2) is 0 Å². The SMILES string of the molecule is CN1CCOc2ccc(C(=O)ON3C(=O)c4ccccc4C3=O)cc21. The van der Waals surface area contributed by atoms with Gasteiger partial charge in [-0.05, 0) is 30.3 Å². The minimum atomic E-state index is -0.781. The number of carbonyl (C=O) groups excluding carboxylic acids is 3. The molecule has 0 saturated heterocycles. The molecule has 0 unspecified atom stereocenters. The summed E-state index contributed by atoms with van der Waals surface area (Å²) in [7, 11) is 1.89. The zero-order valence-electron chi connectivity index (χ0n) is 13.4. The van der Waals surface area contributed by atoms with Gasteiger partial charge in [0.2, 0.25) is 0 Å². The first-order valence-corrected chi connectivity index (χ1v) is 7.74. The van der Waals surface area contributed by atoms with E-state index in [1.807, 2.05) is 11.9 Å². The summed E-state index contributed by atoms with van der Waals surface area (Å²) in [5.41, 5.74) is 1.42. The highest BCUT2D eigenvalue weighted by atomic mass is 16.7. The number of hydrogen-bond donors (Lipinski definition) is 0. The monoisotopic (exact) mass is 338 g/mol. The third kappa shape index (κ3) is 2.40. The van der Waals surface area contributed by atoms with Gasteiger partial charge < -0.3 is 14.5 Å². The molecule has 0 radical (unpaired) electrons. The minimum absolute atomic E-state index is 0.221. The Bertz CT molecular complexity index is 873. The fourth-order valence-corrected chi connectivity index (χ4v) is 2.86. The molecule has 2 aromatic rings. The van der Waals surface area contributed by atoms with Crippen molar-refractivity contribution in [2.45, 2.75) is 0 Å². The quantitative estimate of drug-likeness (QED) is 0.778. The number of nitrogens with zero attached hydrogens (tertiary/aromatic N) is 2. The van der Waals surface area contributed by atoms with E-state index in [4.69, 9.17) is 9.57 Å². The number of hydroxylamine groups is 2. The van der Waals surface area contributed by atoms with Crippen molar-refractivity contribution in [1.82, 2.24) is 5.06 Å². The number of hydrogen-bond acceptors (Lipinski definition) is 6. The summed E-state index contributed by atoms with van der Waals surface area (Å²) in [6.07, 6.45) is 0. The minimum Gasteiger partial charge on any atom is -0.490 e. The molecule has 2 amide bonds. The average molecular weight is 338 g/mol. The number of likely N-dealkylation sites (N-methyl/N-ethyl adjacent to an activating group) is 1. The number of carbonyl (C=O) groups is 3. The number of amides is 2. The Morgan fingerprint density at radius 3 is 2.44 bits per heavy atom. The lowest BCUT2D eigenvalue weighted by atomic mass is 10.1. The number of ether oxygens (including phenoxy) is 1. The molecular formula is C18H14N2O5. The molecule has 0 saturated carbocycles. The summed E-state index contributed by atoms with van der Waals surface area (Å²) in [6.45, 7) is 1.27. The molecule has 0 spiro atoms. The Kier molecular flexibility index (Phi) is 3.42. The van der Waals surface area contributed by atoms with E-state index in [0.29, 0.717) is 24.0 Å². The van der Waals surface area contributed by atoms with Crippen molar-refractivity contribution in [1.29, 1.82) is 0 Å². The van der Waals surface area contributed by atoms with E-state index < -0.39 is 17.8 Å². The van der Waals surface area contributed by atoms with E-state index in [1.165, 1.54) is 12.1 Å². The molecule has 7 nitrogen and oxygen atoms in total. The predicted octanol–water partition coefficient (Wildman–Crippen LogP) is 1.88. The van der Waals surface area contributed by atoms with Gasteiger partial charge in [0.05, 0.1) is 28.9 Å².